The Kier molecular flexibility index (Phi) is 7.38. The predicted molar refractivity (Wildman–Crippen MR) is 88.3 cm³/mol. The Bertz CT molecular complexity index is 524. The van der Waals surface area contributed by atoms with Crippen LogP contribution in [-0.4, -0.2) is 30.8 Å². The molecule has 0 spiro atoms. The van der Waals surface area contributed by atoms with Crippen LogP contribution in [-0.2, 0) is 16.1 Å². The molecule has 23 heavy (non-hydrogen) atoms. The van der Waals surface area contributed by atoms with E-state index in [9.17, 15) is 9.59 Å². The maximum atomic E-state index is 11.5. The van der Waals surface area contributed by atoms with Crippen molar-refractivity contribution in [1.29, 1.82) is 0 Å². The molecule has 2 N–H and O–H groups in total. The number of rotatable bonds is 7. The van der Waals surface area contributed by atoms with E-state index in [2.05, 4.69) is 10.6 Å². The van der Waals surface area contributed by atoms with E-state index in [1.807, 2.05) is 45.0 Å². The number of hydrogen-bond acceptors (Lipinski definition) is 4. The van der Waals surface area contributed by atoms with E-state index in [-0.39, 0.29) is 5.91 Å². The minimum Gasteiger partial charge on any atom is -0.493 e. The van der Waals surface area contributed by atoms with Gasteiger partial charge in [-0.15, -0.1) is 0 Å². The van der Waals surface area contributed by atoms with Gasteiger partial charge in [0, 0.05) is 25.6 Å². The largest absolute Gasteiger partial charge is 0.493 e. The van der Waals surface area contributed by atoms with E-state index in [0.717, 1.165) is 11.3 Å². The molecule has 128 valence electrons. The molecular formula is C17H26N2O4. The fourth-order valence-corrected chi connectivity index (χ4v) is 1.77. The van der Waals surface area contributed by atoms with Crippen LogP contribution in [0.3, 0.4) is 0 Å². The zero-order valence-corrected chi connectivity index (χ0v) is 14.3. The molecule has 1 aromatic carbocycles. The summed E-state index contributed by atoms with van der Waals surface area (Å²) in [6.45, 7) is 8.31. The first-order chi connectivity index (χ1) is 10.8. The SMILES string of the molecule is CC(=O)NCc1ccccc1OCCCNC(=O)OC(C)(C)C. The Morgan fingerprint density at radius 2 is 1.83 bits per heavy atom. The third-order valence-corrected chi connectivity index (χ3v) is 2.75. The first kappa shape index (κ1) is 18.8. The highest BCUT2D eigenvalue weighted by Gasteiger charge is 2.15. The maximum Gasteiger partial charge on any atom is 0.407 e. The summed E-state index contributed by atoms with van der Waals surface area (Å²) in [6, 6.07) is 7.54. The Hall–Kier alpha value is -2.24. The first-order valence-electron chi connectivity index (χ1n) is 7.70. The molecule has 0 aromatic heterocycles. The fraction of sp³-hybridized carbons (Fsp3) is 0.529. The van der Waals surface area contributed by atoms with E-state index in [0.29, 0.717) is 26.1 Å². The monoisotopic (exact) mass is 322 g/mol. The summed E-state index contributed by atoms with van der Waals surface area (Å²) in [5.41, 5.74) is 0.422. The second-order valence-electron chi connectivity index (χ2n) is 6.15. The molecule has 6 heteroatoms. The van der Waals surface area contributed by atoms with Gasteiger partial charge in [-0.1, -0.05) is 18.2 Å². The van der Waals surface area contributed by atoms with Gasteiger partial charge in [-0.2, -0.15) is 0 Å². The van der Waals surface area contributed by atoms with Crippen LogP contribution in [0.2, 0.25) is 0 Å². The van der Waals surface area contributed by atoms with Crippen LogP contribution in [0.5, 0.6) is 5.75 Å². The van der Waals surface area contributed by atoms with Gasteiger partial charge in [-0.05, 0) is 33.3 Å². The van der Waals surface area contributed by atoms with E-state index in [4.69, 9.17) is 9.47 Å². The number of nitrogens with one attached hydrogen (secondary N) is 2. The molecule has 1 aromatic rings. The van der Waals surface area contributed by atoms with Gasteiger partial charge in [0.15, 0.2) is 0 Å². The van der Waals surface area contributed by atoms with Crippen molar-refractivity contribution in [1.82, 2.24) is 10.6 Å². The number of hydrogen-bond donors (Lipinski definition) is 2. The number of amides is 2. The van der Waals surface area contributed by atoms with Crippen molar-refractivity contribution in [2.45, 2.75) is 46.3 Å². The van der Waals surface area contributed by atoms with E-state index in [1.165, 1.54) is 6.92 Å². The molecule has 0 aliphatic heterocycles. The van der Waals surface area contributed by atoms with Crippen LogP contribution in [0, 0.1) is 0 Å². The lowest BCUT2D eigenvalue weighted by Crippen LogP contribution is -2.33. The minimum atomic E-state index is -0.497. The predicted octanol–water partition coefficient (Wildman–Crippen LogP) is 2.62. The standard InChI is InChI=1S/C17H26N2O4/c1-13(20)19-12-14-8-5-6-9-15(14)22-11-7-10-18-16(21)23-17(2,3)4/h5-6,8-9H,7,10-12H2,1-4H3,(H,18,21)(H,19,20). The van der Waals surface area contributed by atoms with Crippen molar-refractivity contribution in [2.75, 3.05) is 13.2 Å². The summed E-state index contributed by atoms with van der Waals surface area (Å²) in [4.78, 5) is 22.5. The quantitative estimate of drug-likeness (QED) is 0.757. The van der Waals surface area contributed by atoms with Gasteiger partial charge in [-0.3, -0.25) is 4.79 Å². The maximum absolute atomic E-state index is 11.5. The average molecular weight is 322 g/mol. The summed E-state index contributed by atoms with van der Waals surface area (Å²) in [5, 5.41) is 5.43. The molecule has 0 saturated carbocycles. The van der Waals surface area contributed by atoms with E-state index < -0.39 is 11.7 Å². The summed E-state index contributed by atoms with van der Waals surface area (Å²) in [7, 11) is 0. The summed E-state index contributed by atoms with van der Waals surface area (Å²) in [5.74, 6) is 0.653. The van der Waals surface area contributed by atoms with Crippen molar-refractivity contribution in [3.63, 3.8) is 0 Å². The first-order valence-corrected chi connectivity index (χ1v) is 7.70. The highest BCUT2D eigenvalue weighted by atomic mass is 16.6. The second-order valence-corrected chi connectivity index (χ2v) is 6.15. The van der Waals surface area contributed by atoms with Gasteiger partial charge in [0.25, 0.3) is 0 Å². The van der Waals surface area contributed by atoms with Gasteiger partial charge in [0.1, 0.15) is 11.4 Å². The summed E-state index contributed by atoms with van der Waals surface area (Å²) < 4.78 is 10.9. The van der Waals surface area contributed by atoms with E-state index in [1.54, 1.807) is 0 Å². The van der Waals surface area contributed by atoms with Crippen molar-refractivity contribution < 1.29 is 19.1 Å². The Morgan fingerprint density at radius 3 is 2.48 bits per heavy atom. The van der Waals surface area contributed by atoms with Crippen LogP contribution in [0.1, 0.15) is 39.7 Å². The highest BCUT2D eigenvalue weighted by Crippen LogP contribution is 2.17. The third kappa shape index (κ3) is 8.70. The molecule has 0 unspecified atom stereocenters. The Labute approximate surface area is 137 Å². The number of carbonyl (C=O) groups excluding carboxylic acids is 2. The Morgan fingerprint density at radius 1 is 1.13 bits per heavy atom. The molecule has 0 atom stereocenters. The van der Waals surface area contributed by atoms with Crippen molar-refractivity contribution in [3.8, 4) is 5.75 Å². The molecule has 0 bridgehead atoms. The van der Waals surface area contributed by atoms with E-state index >= 15 is 0 Å². The molecule has 6 nitrogen and oxygen atoms in total. The van der Waals surface area contributed by atoms with Crippen molar-refractivity contribution in [2.24, 2.45) is 0 Å². The topological polar surface area (TPSA) is 76.7 Å². The van der Waals surface area contributed by atoms with Crippen LogP contribution < -0.4 is 15.4 Å². The molecule has 0 radical (unpaired) electrons. The van der Waals surface area contributed by atoms with Gasteiger partial charge in [0.2, 0.25) is 5.91 Å². The van der Waals surface area contributed by atoms with Crippen LogP contribution in [0.25, 0.3) is 0 Å². The molecule has 2 amide bonds. The average Bonchev–Trinajstić information content (AvgIpc) is 2.43. The minimum absolute atomic E-state index is 0.0821. The summed E-state index contributed by atoms with van der Waals surface area (Å²) >= 11 is 0. The third-order valence-electron chi connectivity index (χ3n) is 2.75. The zero-order chi connectivity index (χ0) is 17.3. The molecule has 0 saturated heterocycles. The molecule has 0 aliphatic carbocycles. The zero-order valence-electron chi connectivity index (χ0n) is 14.3. The number of alkyl carbamates (subject to hydrolysis) is 1. The normalized spacial score (nSPS) is 10.8. The van der Waals surface area contributed by atoms with Crippen LogP contribution in [0.4, 0.5) is 4.79 Å². The van der Waals surface area contributed by atoms with Crippen molar-refractivity contribution >= 4 is 12.0 Å². The van der Waals surface area contributed by atoms with Gasteiger partial charge in [-0.25, -0.2) is 4.79 Å². The second kappa shape index (κ2) is 9.02. The lowest BCUT2D eigenvalue weighted by atomic mass is 10.2. The van der Waals surface area contributed by atoms with Gasteiger partial charge in [0.05, 0.1) is 6.61 Å². The molecular weight excluding hydrogens is 296 g/mol. The number of benzene rings is 1. The van der Waals surface area contributed by atoms with Gasteiger partial charge < -0.3 is 20.1 Å². The van der Waals surface area contributed by atoms with Gasteiger partial charge >= 0.3 is 6.09 Å². The van der Waals surface area contributed by atoms with Crippen LogP contribution in [0.15, 0.2) is 24.3 Å². The number of ether oxygens (including phenoxy) is 2. The highest BCUT2D eigenvalue weighted by molar-refractivity contribution is 5.72. The Balaban J connectivity index is 2.31. The van der Waals surface area contributed by atoms with Crippen LogP contribution >= 0.6 is 0 Å². The van der Waals surface area contributed by atoms with Crippen molar-refractivity contribution in [3.05, 3.63) is 29.8 Å². The molecule has 0 aliphatic rings. The number of para-hydroxylation sites is 1. The molecule has 0 heterocycles. The smallest absolute Gasteiger partial charge is 0.407 e. The lowest BCUT2D eigenvalue weighted by Gasteiger charge is -2.19. The fourth-order valence-electron chi connectivity index (χ4n) is 1.77. The lowest BCUT2D eigenvalue weighted by molar-refractivity contribution is -0.119. The molecule has 0 fully saturated rings. The molecule has 1 rings (SSSR count). The summed E-state index contributed by atoms with van der Waals surface area (Å²) in [6.07, 6.45) is 0.233. The number of carbonyl (C=O) groups is 2.